The van der Waals surface area contributed by atoms with Gasteiger partial charge in [0.05, 0.1) is 13.2 Å². The first-order valence-corrected chi connectivity index (χ1v) is 4.89. The normalized spacial score (nSPS) is 9.07. The lowest BCUT2D eigenvalue weighted by Gasteiger charge is -2.09. The maximum atomic E-state index is 5.41. The molecule has 0 radical (unpaired) electrons. The molecule has 4 heteroatoms. The van der Waals surface area contributed by atoms with Crippen molar-refractivity contribution < 1.29 is 21.9 Å². The Morgan fingerprint density at radius 1 is 1.07 bits per heavy atom. The maximum Gasteiger partial charge on any atom is 0.166 e. The van der Waals surface area contributed by atoms with E-state index in [4.69, 9.17) is 9.47 Å². The van der Waals surface area contributed by atoms with Gasteiger partial charge in [-0.2, -0.15) is 0 Å². The molecule has 14 heavy (non-hydrogen) atoms. The van der Waals surface area contributed by atoms with Gasteiger partial charge in [-0.1, -0.05) is 0 Å². The zero-order chi connectivity index (χ0) is 9.68. The second-order valence-electron chi connectivity index (χ2n) is 2.53. The van der Waals surface area contributed by atoms with Crippen LogP contribution in [0, 0.1) is 0 Å². The zero-order valence-corrected chi connectivity index (χ0v) is 10.1. The summed E-state index contributed by atoms with van der Waals surface area (Å²) in [4.78, 5) is 0.993. The summed E-state index contributed by atoms with van der Waals surface area (Å²) in [5.41, 5.74) is 0. The van der Waals surface area contributed by atoms with E-state index in [1.807, 2.05) is 32.0 Å². The number of rotatable bonds is 4. The molecule has 0 aliphatic heterocycles. The van der Waals surface area contributed by atoms with E-state index in [1.165, 1.54) is 0 Å². The third-order valence-corrected chi connectivity index (χ3v) is 1.85. The van der Waals surface area contributed by atoms with Gasteiger partial charge in [-0.3, -0.25) is 0 Å². The summed E-state index contributed by atoms with van der Waals surface area (Å²) in [6.07, 6.45) is 0. The molecule has 0 bridgehead atoms. The minimum atomic E-state index is 0. The second kappa shape index (κ2) is 6.85. The molecule has 1 aromatic rings. The van der Waals surface area contributed by atoms with Crippen LogP contribution < -0.4 is 21.9 Å². The number of benzene rings is 1. The van der Waals surface area contributed by atoms with Crippen LogP contribution in [-0.4, -0.2) is 13.2 Å². The average molecular weight is 235 g/mol. The number of hydrogen-bond donors (Lipinski definition) is 0. The van der Waals surface area contributed by atoms with Crippen molar-refractivity contribution in [2.24, 2.45) is 0 Å². The van der Waals surface area contributed by atoms with Crippen molar-refractivity contribution in [2.45, 2.75) is 18.7 Å². The van der Waals surface area contributed by atoms with E-state index in [9.17, 15) is 0 Å². The molecule has 0 spiro atoms. The Labute approximate surface area is 96.4 Å². The van der Waals surface area contributed by atoms with Crippen molar-refractivity contribution in [2.75, 3.05) is 13.2 Å². The highest BCUT2D eigenvalue weighted by atomic mass is 35.5. The number of hydrogen-bond acceptors (Lipinski definition) is 2. The standard InChI is InChI=1S/C10H14O2S.ClH/c1-3-11-9-6-5-8(13)7-10(9)12-4-2;/h5-7,13H,3-4H2,1-2H3;1H. The summed E-state index contributed by atoms with van der Waals surface area (Å²) in [7, 11) is 0. The number of ether oxygens (including phenoxy) is 2. The molecule has 0 aliphatic carbocycles. The van der Waals surface area contributed by atoms with Gasteiger partial charge in [0.25, 0.3) is 0 Å². The molecule has 0 aliphatic rings. The minimum Gasteiger partial charge on any atom is -1.00 e. The van der Waals surface area contributed by atoms with Crippen molar-refractivity contribution in [3.63, 3.8) is 0 Å². The SMILES string of the molecule is CCOc1ccc([SH2+])cc1OCC.[Cl-]. The fourth-order valence-corrected chi connectivity index (χ4v) is 1.27. The first kappa shape index (κ1) is 13.5. The average Bonchev–Trinajstić information content (AvgIpc) is 2.10. The fourth-order valence-electron chi connectivity index (χ4n) is 1.05. The second-order valence-corrected chi connectivity index (χ2v) is 3.10. The molecule has 0 amide bonds. The van der Waals surface area contributed by atoms with E-state index in [0.29, 0.717) is 13.2 Å². The van der Waals surface area contributed by atoms with Gasteiger partial charge >= 0.3 is 0 Å². The van der Waals surface area contributed by atoms with E-state index in [1.54, 1.807) is 0 Å². The lowest BCUT2D eigenvalue weighted by molar-refractivity contribution is -0.00000358. The molecule has 0 atom stereocenters. The maximum absolute atomic E-state index is 5.41. The Morgan fingerprint density at radius 3 is 2.21 bits per heavy atom. The van der Waals surface area contributed by atoms with Crippen LogP contribution in [0.5, 0.6) is 11.5 Å². The van der Waals surface area contributed by atoms with Gasteiger partial charge in [0.2, 0.25) is 0 Å². The highest BCUT2D eigenvalue weighted by Gasteiger charge is 2.05. The summed E-state index contributed by atoms with van der Waals surface area (Å²) >= 11 is 3.43. The highest BCUT2D eigenvalue weighted by molar-refractivity contribution is 7.58. The predicted molar refractivity (Wildman–Crippen MR) is 57.2 cm³/mol. The van der Waals surface area contributed by atoms with E-state index in [-0.39, 0.29) is 12.4 Å². The van der Waals surface area contributed by atoms with Crippen LogP contribution in [0.2, 0.25) is 0 Å². The Bertz CT molecular complexity index is 279. The van der Waals surface area contributed by atoms with Gasteiger partial charge in [-0.05, 0) is 38.6 Å². The molecular weight excluding hydrogens is 220 g/mol. The quantitative estimate of drug-likeness (QED) is 0.614. The van der Waals surface area contributed by atoms with Crippen LogP contribution in [0.25, 0.3) is 0 Å². The van der Waals surface area contributed by atoms with E-state index in [2.05, 4.69) is 12.6 Å². The summed E-state index contributed by atoms with van der Waals surface area (Å²) in [6, 6.07) is 5.74. The van der Waals surface area contributed by atoms with Crippen LogP contribution in [0.4, 0.5) is 0 Å². The first-order valence-electron chi connectivity index (χ1n) is 4.39. The number of halogens is 1. The van der Waals surface area contributed by atoms with Gasteiger partial charge < -0.3 is 21.9 Å². The predicted octanol–water partition coefficient (Wildman–Crippen LogP) is -1.14. The summed E-state index contributed by atoms with van der Waals surface area (Å²) in [5.74, 6) is 1.59. The molecule has 1 rings (SSSR count). The van der Waals surface area contributed by atoms with Gasteiger partial charge in [0.15, 0.2) is 16.4 Å². The van der Waals surface area contributed by atoms with Crippen LogP contribution in [-0.2, 0) is 12.6 Å². The molecule has 0 saturated carbocycles. The van der Waals surface area contributed by atoms with Crippen molar-refractivity contribution in [1.82, 2.24) is 0 Å². The molecule has 0 N–H and O–H groups in total. The molecule has 0 fully saturated rings. The Kier molecular flexibility index (Phi) is 6.58. The monoisotopic (exact) mass is 234 g/mol. The van der Waals surface area contributed by atoms with Crippen molar-refractivity contribution in [3.8, 4) is 11.5 Å². The first-order chi connectivity index (χ1) is 6.27. The van der Waals surface area contributed by atoms with E-state index in [0.717, 1.165) is 16.4 Å². The summed E-state index contributed by atoms with van der Waals surface area (Å²) in [5, 5.41) is 0. The third kappa shape index (κ3) is 3.68. The summed E-state index contributed by atoms with van der Waals surface area (Å²) in [6.45, 7) is 5.21. The minimum absolute atomic E-state index is 0. The molecule has 0 saturated heterocycles. The van der Waals surface area contributed by atoms with Crippen LogP contribution in [0.3, 0.4) is 0 Å². The zero-order valence-electron chi connectivity index (χ0n) is 8.34. The lowest BCUT2D eigenvalue weighted by atomic mass is 10.3. The highest BCUT2D eigenvalue weighted by Crippen LogP contribution is 2.28. The van der Waals surface area contributed by atoms with Gasteiger partial charge in [0, 0.05) is 6.07 Å². The van der Waals surface area contributed by atoms with Gasteiger partial charge in [-0.25, -0.2) is 0 Å². The molecule has 0 aromatic heterocycles. The summed E-state index contributed by atoms with van der Waals surface area (Å²) < 4.78 is 10.8. The molecule has 0 heterocycles. The topological polar surface area (TPSA) is 18.5 Å². The van der Waals surface area contributed by atoms with Crippen LogP contribution >= 0.6 is 0 Å². The van der Waals surface area contributed by atoms with Crippen molar-refractivity contribution >= 4 is 12.6 Å². The Morgan fingerprint density at radius 2 is 1.64 bits per heavy atom. The van der Waals surface area contributed by atoms with Gasteiger partial charge in [-0.15, -0.1) is 0 Å². The molecule has 2 nitrogen and oxygen atoms in total. The van der Waals surface area contributed by atoms with Crippen molar-refractivity contribution in [1.29, 1.82) is 0 Å². The lowest BCUT2D eigenvalue weighted by Crippen LogP contribution is -3.00. The van der Waals surface area contributed by atoms with E-state index >= 15 is 0 Å². The van der Waals surface area contributed by atoms with Crippen LogP contribution in [0.15, 0.2) is 23.1 Å². The molecule has 1 aromatic carbocycles. The van der Waals surface area contributed by atoms with Crippen molar-refractivity contribution in [3.05, 3.63) is 18.2 Å². The largest absolute Gasteiger partial charge is 1.00 e. The molecule has 80 valence electrons. The Hall–Kier alpha value is -0.540. The fraction of sp³-hybridized carbons (Fsp3) is 0.400. The molecule has 0 unspecified atom stereocenters. The van der Waals surface area contributed by atoms with Crippen LogP contribution in [0.1, 0.15) is 13.8 Å². The smallest absolute Gasteiger partial charge is 0.166 e. The van der Waals surface area contributed by atoms with Gasteiger partial charge in [0.1, 0.15) is 0 Å². The van der Waals surface area contributed by atoms with E-state index < -0.39 is 0 Å². The molecular formula is C10H15ClO2S. The third-order valence-electron chi connectivity index (χ3n) is 1.54. The Balaban J connectivity index is 0.00000169.